The van der Waals surface area contributed by atoms with Crippen molar-refractivity contribution in [2.75, 3.05) is 10.6 Å². The second-order valence-electron chi connectivity index (χ2n) is 8.19. The summed E-state index contributed by atoms with van der Waals surface area (Å²) >= 11 is 0. The first-order valence-electron chi connectivity index (χ1n) is 11.3. The van der Waals surface area contributed by atoms with Gasteiger partial charge in [0.15, 0.2) is 6.29 Å². The first-order valence-corrected chi connectivity index (χ1v) is 11.3. The van der Waals surface area contributed by atoms with E-state index in [1.54, 1.807) is 12.3 Å². The van der Waals surface area contributed by atoms with Crippen LogP contribution in [0.1, 0.15) is 34.3 Å². The molecule has 3 aromatic carbocycles. The monoisotopic (exact) mass is 453 g/mol. The van der Waals surface area contributed by atoms with Gasteiger partial charge in [0.25, 0.3) is 0 Å². The topological polar surface area (TPSA) is 91.3 Å². The number of nitrogens with zero attached hydrogens (tertiary/aromatic N) is 1. The van der Waals surface area contributed by atoms with E-state index in [1.165, 1.54) is 0 Å². The zero-order valence-corrected chi connectivity index (χ0v) is 18.8. The third kappa shape index (κ3) is 5.85. The van der Waals surface area contributed by atoms with Crippen molar-refractivity contribution < 1.29 is 14.7 Å². The van der Waals surface area contributed by atoms with E-state index in [-0.39, 0.29) is 18.6 Å². The third-order valence-corrected chi connectivity index (χ3v) is 5.76. The molecule has 4 aromatic rings. The Morgan fingerprint density at radius 1 is 0.912 bits per heavy atom. The lowest BCUT2D eigenvalue weighted by Gasteiger charge is -2.21. The van der Waals surface area contributed by atoms with Crippen molar-refractivity contribution in [1.29, 1.82) is 0 Å². The molecule has 0 bridgehead atoms. The number of fused-ring (bicyclic) bond motifs is 1. The Labute approximate surface area is 198 Å². The van der Waals surface area contributed by atoms with Gasteiger partial charge in [0.2, 0.25) is 5.91 Å². The Morgan fingerprint density at radius 3 is 2.44 bits per heavy atom. The summed E-state index contributed by atoms with van der Waals surface area (Å²) in [5.74, 6) is -0.0933. The van der Waals surface area contributed by atoms with Gasteiger partial charge in [0.05, 0.1) is 17.8 Å². The van der Waals surface area contributed by atoms with Crippen LogP contribution < -0.4 is 10.6 Å². The number of hydrogen-bond acceptors (Lipinski definition) is 5. The lowest BCUT2D eigenvalue weighted by molar-refractivity contribution is -0.116. The molecule has 0 spiro atoms. The number of aliphatic hydroxyl groups excluding tert-OH is 1. The maximum atomic E-state index is 12.8. The minimum Gasteiger partial charge on any atom is -0.392 e. The van der Waals surface area contributed by atoms with E-state index in [9.17, 15) is 14.7 Å². The smallest absolute Gasteiger partial charge is 0.224 e. The molecule has 6 nitrogen and oxygen atoms in total. The molecule has 0 radical (unpaired) electrons. The number of nitrogens with one attached hydrogen (secondary N) is 2. The molecule has 6 heteroatoms. The van der Waals surface area contributed by atoms with Crippen LogP contribution >= 0.6 is 0 Å². The van der Waals surface area contributed by atoms with Gasteiger partial charge < -0.3 is 15.7 Å². The Morgan fingerprint density at radius 2 is 1.65 bits per heavy atom. The van der Waals surface area contributed by atoms with Crippen molar-refractivity contribution in [2.45, 2.75) is 31.9 Å². The van der Waals surface area contributed by atoms with Crippen LogP contribution in [-0.2, 0) is 17.8 Å². The summed E-state index contributed by atoms with van der Waals surface area (Å²) in [6, 6.07) is 24.6. The van der Waals surface area contributed by atoms with Gasteiger partial charge in [-0.15, -0.1) is 0 Å². The van der Waals surface area contributed by atoms with Gasteiger partial charge in [-0.25, -0.2) is 0 Å². The molecule has 1 aromatic heterocycles. The molecule has 0 fully saturated rings. The molecular formula is C28H27N3O3. The first-order chi connectivity index (χ1) is 16.7. The molecule has 0 saturated carbocycles. The van der Waals surface area contributed by atoms with Gasteiger partial charge in [0, 0.05) is 35.3 Å². The number of aromatic nitrogens is 1. The molecule has 1 atom stereocenters. The van der Waals surface area contributed by atoms with E-state index >= 15 is 0 Å². The van der Waals surface area contributed by atoms with Gasteiger partial charge >= 0.3 is 0 Å². The molecule has 172 valence electrons. The first kappa shape index (κ1) is 23.1. The lowest BCUT2D eigenvalue weighted by atomic mass is 9.99. The lowest BCUT2D eigenvalue weighted by Crippen LogP contribution is -2.25. The van der Waals surface area contributed by atoms with E-state index in [1.807, 2.05) is 72.8 Å². The van der Waals surface area contributed by atoms with E-state index in [0.29, 0.717) is 30.5 Å². The number of hydrogen-bond donors (Lipinski definition) is 3. The largest absolute Gasteiger partial charge is 0.392 e. The summed E-state index contributed by atoms with van der Waals surface area (Å²) < 4.78 is 0. The van der Waals surface area contributed by atoms with Crippen LogP contribution in [0.25, 0.3) is 10.9 Å². The van der Waals surface area contributed by atoms with Gasteiger partial charge in [-0.3, -0.25) is 14.6 Å². The predicted molar refractivity (Wildman–Crippen MR) is 135 cm³/mol. The molecule has 0 aliphatic carbocycles. The summed E-state index contributed by atoms with van der Waals surface area (Å²) in [5.41, 5.74) is 4.71. The highest BCUT2D eigenvalue weighted by Gasteiger charge is 2.15. The molecule has 0 aliphatic heterocycles. The molecule has 4 rings (SSSR count). The number of pyridine rings is 1. The quantitative estimate of drug-likeness (QED) is 0.295. The highest BCUT2D eigenvalue weighted by molar-refractivity contribution is 6.00. The third-order valence-electron chi connectivity index (χ3n) is 5.76. The van der Waals surface area contributed by atoms with Crippen molar-refractivity contribution in [3.05, 3.63) is 102 Å². The summed E-state index contributed by atoms with van der Waals surface area (Å²) in [4.78, 5) is 28.7. The average molecular weight is 454 g/mol. The molecule has 3 N–H and O–H groups in total. The number of rotatable bonds is 10. The summed E-state index contributed by atoms with van der Waals surface area (Å²) in [6.45, 7) is -0.00212. The van der Waals surface area contributed by atoms with Crippen molar-refractivity contribution in [3.63, 3.8) is 0 Å². The average Bonchev–Trinajstić information content (AvgIpc) is 2.88. The zero-order chi connectivity index (χ0) is 23.8. The van der Waals surface area contributed by atoms with Crippen molar-refractivity contribution >= 4 is 34.5 Å². The summed E-state index contributed by atoms with van der Waals surface area (Å²) in [5, 5.41) is 16.7. The zero-order valence-electron chi connectivity index (χ0n) is 18.8. The Kier molecular flexibility index (Phi) is 7.63. The Hall–Kier alpha value is -4.03. The fourth-order valence-corrected chi connectivity index (χ4v) is 3.96. The molecule has 1 amide bonds. The maximum Gasteiger partial charge on any atom is 0.224 e. The van der Waals surface area contributed by atoms with Crippen molar-refractivity contribution in [1.82, 2.24) is 4.98 Å². The number of aldehydes is 1. The molecule has 0 aliphatic rings. The highest BCUT2D eigenvalue weighted by Crippen LogP contribution is 2.22. The number of carbonyl (C=O) groups is 2. The molecular weight excluding hydrogens is 426 g/mol. The number of anilines is 2. The fourth-order valence-electron chi connectivity index (χ4n) is 3.96. The predicted octanol–water partition coefficient (Wildman–Crippen LogP) is 4.98. The van der Waals surface area contributed by atoms with E-state index in [2.05, 4.69) is 15.6 Å². The highest BCUT2D eigenvalue weighted by atomic mass is 16.3. The number of para-hydroxylation sites is 2. The number of carbonyl (C=O) groups excluding carboxylic acids is 2. The van der Waals surface area contributed by atoms with E-state index in [0.717, 1.165) is 34.0 Å². The van der Waals surface area contributed by atoms with Gasteiger partial charge in [-0.05, 0) is 48.2 Å². The number of aliphatic hydroxyl groups is 1. The second kappa shape index (κ2) is 11.2. The van der Waals surface area contributed by atoms with Crippen LogP contribution in [0.4, 0.5) is 11.4 Å². The van der Waals surface area contributed by atoms with Crippen LogP contribution in [0.2, 0.25) is 0 Å². The minimum atomic E-state index is -0.0933. The Bertz CT molecular complexity index is 1270. The SMILES string of the molecule is O=Cc1ccccc1NC(CCC(=O)Nc1cccc2cccnc12)Cc1ccc(CO)cc1. The number of benzene rings is 3. The van der Waals surface area contributed by atoms with Crippen LogP contribution in [0.15, 0.2) is 85.1 Å². The molecule has 1 heterocycles. The summed E-state index contributed by atoms with van der Waals surface area (Å²) in [6.07, 6.45) is 4.08. The number of amides is 1. The van der Waals surface area contributed by atoms with Crippen LogP contribution in [-0.4, -0.2) is 28.3 Å². The van der Waals surface area contributed by atoms with Crippen LogP contribution in [0, 0.1) is 0 Å². The molecule has 1 unspecified atom stereocenters. The van der Waals surface area contributed by atoms with Crippen molar-refractivity contribution in [2.24, 2.45) is 0 Å². The minimum absolute atomic E-state index is 0.00212. The van der Waals surface area contributed by atoms with Gasteiger partial charge in [-0.2, -0.15) is 0 Å². The van der Waals surface area contributed by atoms with Gasteiger partial charge in [0.1, 0.15) is 0 Å². The Balaban J connectivity index is 1.47. The van der Waals surface area contributed by atoms with E-state index < -0.39 is 0 Å². The maximum absolute atomic E-state index is 12.8. The van der Waals surface area contributed by atoms with Gasteiger partial charge in [-0.1, -0.05) is 54.6 Å². The normalized spacial score (nSPS) is 11.7. The van der Waals surface area contributed by atoms with Crippen LogP contribution in [0.3, 0.4) is 0 Å². The standard InChI is InChI=1S/C28H27N3O3/c32-18-21-12-10-20(11-13-21)17-24(30-25-8-2-1-5-23(25)19-33)14-15-27(34)31-26-9-3-6-22-7-4-16-29-28(22)26/h1-13,16,19,24,30,32H,14-15,17-18H2,(H,31,34). The molecule has 34 heavy (non-hydrogen) atoms. The fraction of sp³-hybridized carbons (Fsp3) is 0.179. The van der Waals surface area contributed by atoms with Crippen molar-refractivity contribution in [3.8, 4) is 0 Å². The second-order valence-corrected chi connectivity index (χ2v) is 8.19. The van der Waals surface area contributed by atoms with E-state index in [4.69, 9.17) is 0 Å². The van der Waals surface area contributed by atoms with Crippen LogP contribution in [0.5, 0.6) is 0 Å². The summed E-state index contributed by atoms with van der Waals surface area (Å²) in [7, 11) is 0. The molecule has 0 saturated heterocycles.